The lowest BCUT2D eigenvalue weighted by atomic mass is 9.73. The molecular weight excluding hydrogens is 200 g/mol. The van der Waals surface area contributed by atoms with Crippen molar-refractivity contribution in [1.82, 2.24) is 4.90 Å². The highest BCUT2D eigenvalue weighted by Gasteiger charge is 2.46. The zero-order chi connectivity index (χ0) is 12.0. The molecule has 3 heteroatoms. The number of likely N-dealkylation sites (N-methyl/N-ethyl adjacent to an activating group) is 1. The molecular formula is C13H28N2O. The average Bonchev–Trinajstić information content (AvgIpc) is 2.23. The Balaban J connectivity index is 2.31. The van der Waals surface area contributed by atoms with Crippen molar-refractivity contribution in [2.75, 3.05) is 26.7 Å². The van der Waals surface area contributed by atoms with Gasteiger partial charge in [0.25, 0.3) is 0 Å². The maximum atomic E-state index is 5.94. The van der Waals surface area contributed by atoms with Crippen LogP contribution in [-0.4, -0.2) is 43.3 Å². The lowest BCUT2D eigenvalue weighted by molar-refractivity contribution is -0.0924. The Morgan fingerprint density at radius 2 is 2.00 bits per heavy atom. The highest BCUT2D eigenvalue weighted by atomic mass is 16.5. The van der Waals surface area contributed by atoms with Crippen molar-refractivity contribution in [2.45, 2.75) is 57.6 Å². The fraction of sp³-hybridized carbons (Fsp3) is 1.00. The van der Waals surface area contributed by atoms with E-state index in [1.54, 1.807) is 0 Å². The van der Waals surface area contributed by atoms with Gasteiger partial charge in [-0.15, -0.1) is 0 Å². The van der Waals surface area contributed by atoms with Crippen LogP contribution in [0.3, 0.4) is 0 Å². The third-order valence-electron chi connectivity index (χ3n) is 3.90. The van der Waals surface area contributed by atoms with Crippen LogP contribution in [0, 0.1) is 0 Å². The second-order valence-corrected chi connectivity index (χ2v) is 5.04. The zero-order valence-corrected chi connectivity index (χ0v) is 11.2. The highest BCUT2D eigenvalue weighted by Crippen LogP contribution is 2.38. The Labute approximate surface area is 100 Å². The van der Waals surface area contributed by atoms with Gasteiger partial charge < -0.3 is 10.5 Å². The fourth-order valence-electron chi connectivity index (χ4n) is 2.61. The van der Waals surface area contributed by atoms with Gasteiger partial charge in [-0.1, -0.05) is 19.8 Å². The summed E-state index contributed by atoms with van der Waals surface area (Å²) in [6, 6.07) is 0. The van der Waals surface area contributed by atoms with E-state index in [0.29, 0.717) is 6.10 Å². The first-order valence-corrected chi connectivity index (χ1v) is 6.71. The number of rotatable bonds is 8. The van der Waals surface area contributed by atoms with Crippen LogP contribution in [0.4, 0.5) is 0 Å². The van der Waals surface area contributed by atoms with Crippen molar-refractivity contribution in [3.05, 3.63) is 0 Å². The summed E-state index contributed by atoms with van der Waals surface area (Å²) in [6.45, 7) is 7.06. The smallest absolute Gasteiger partial charge is 0.0611 e. The van der Waals surface area contributed by atoms with Crippen molar-refractivity contribution in [3.63, 3.8) is 0 Å². The second kappa shape index (κ2) is 6.58. The van der Waals surface area contributed by atoms with E-state index in [9.17, 15) is 0 Å². The zero-order valence-electron chi connectivity index (χ0n) is 11.2. The largest absolute Gasteiger partial charge is 0.378 e. The summed E-state index contributed by atoms with van der Waals surface area (Å²) < 4.78 is 5.63. The number of hydrogen-bond donors (Lipinski definition) is 1. The summed E-state index contributed by atoms with van der Waals surface area (Å²) in [4.78, 5) is 2.46. The Morgan fingerprint density at radius 1 is 1.31 bits per heavy atom. The molecule has 0 aliphatic heterocycles. The first-order valence-electron chi connectivity index (χ1n) is 6.71. The summed E-state index contributed by atoms with van der Waals surface area (Å²) in [5, 5.41) is 0. The average molecular weight is 228 g/mol. The Hall–Kier alpha value is -0.120. The number of ether oxygens (including phenoxy) is 1. The molecule has 0 unspecified atom stereocenters. The van der Waals surface area contributed by atoms with Gasteiger partial charge in [0.05, 0.1) is 6.10 Å². The molecule has 0 aromatic carbocycles. The van der Waals surface area contributed by atoms with E-state index in [-0.39, 0.29) is 5.54 Å². The van der Waals surface area contributed by atoms with Gasteiger partial charge in [0.1, 0.15) is 0 Å². The van der Waals surface area contributed by atoms with Gasteiger partial charge in [0, 0.05) is 18.7 Å². The molecule has 0 heterocycles. The van der Waals surface area contributed by atoms with Crippen LogP contribution in [0.15, 0.2) is 0 Å². The molecule has 0 saturated heterocycles. The van der Waals surface area contributed by atoms with Gasteiger partial charge in [0.2, 0.25) is 0 Å². The van der Waals surface area contributed by atoms with Crippen molar-refractivity contribution in [2.24, 2.45) is 5.73 Å². The molecule has 2 N–H and O–H groups in total. The maximum absolute atomic E-state index is 5.94. The SMILES string of the molecule is CCCCCN(C)C1(CN)CC(OCC)C1. The van der Waals surface area contributed by atoms with Crippen LogP contribution in [0.1, 0.15) is 46.0 Å². The summed E-state index contributed by atoms with van der Waals surface area (Å²) in [6.07, 6.45) is 6.56. The van der Waals surface area contributed by atoms with Crippen molar-refractivity contribution in [1.29, 1.82) is 0 Å². The van der Waals surface area contributed by atoms with Crippen LogP contribution in [0.5, 0.6) is 0 Å². The molecule has 0 atom stereocenters. The number of nitrogens with zero attached hydrogens (tertiary/aromatic N) is 1. The fourth-order valence-corrected chi connectivity index (χ4v) is 2.61. The van der Waals surface area contributed by atoms with Gasteiger partial charge >= 0.3 is 0 Å². The van der Waals surface area contributed by atoms with Crippen LogP contribution in [0.2, 0.25) is 0 Å². The van der Waals surface area contributed by atoms with Crippen molar-refractivity contribution >= 4 is 0 Å². The predicted molar refractivity (Wildman–Crippen MR) is 68.6 cm³/mol. The van der Waals surface area contributed by atoms with Crippen molar-refractivity contribution < 1.29 is 4.74 Å². The number of hydrogen-bond acceptors (Lipinski definition) is 3. The van der Waals surface area contributed by atoms with Crippen LogP contribution in [0.25, 0.3) is 0 Å². The maximum Gasteiger partial charge on any atom is 0.0611 e. The molecule has 1 saturated carbocycles. The molecule has 0 spiro atoms. The second-order valence-electron chi connectivity index (χ2n) is 5.04. The molecule has 0 aromatic rings. The minimum atomic E-state index is 0.230. The first kappa shape index (κ1) is 13.9. The summed E-state index contributed by atoms with van der Waals surface area (Å²) >= 11 is 0. The molecule has 0 radical (unpaired) electrons. The summed E-state index contributed by atoms with van der Waals surface area (Å²) in [5.74, 6) is 0. The number of unbranched alkanes of at least 4 members (excludes halogenated alkanes) is 2. The van der Waals surface area contributed by atoms with Gasteiger partial charge in [-0.05, 0) is 39.8 Å². The lowest BCUT2D eigenvalue weighted by Gasteiger charge is -2.52. The summed E-state index contributed by atoms with van der Waals surface area (Å²) in [5.41, 5.74) is 6.16. The summed E-state index contributed by atoms with van der Waals surface area (Å²) in [7, 11) is 2.21. The van der Waals surface area contributed by atoms with Crippen molar-refractivity contribution in [3.8, 4) is 0 Å². The van der Waals surface area contributed by atoms with Gasteiger partial charge in [-0.2, -0.15) is 0 Å². The van der Waals surface area contributed by atoms with Crippen LogP contribution in [-0.2, 0) is 4.74 Å². The van der Waals surface area contributed by atoms with Gasteiger partial charge in [0.15, 0.2) is 0 Å². The molecule has 96 valence electrons. The van der Waals surface area contributed by atoms with E-state index >= 15 is 0 Å². The molecule has 0 bridgehead atoms. The molecule has 1 aliphatic carbocycles. The molecule has 1 aliphatic rings. The molecule has 0 aromatic heterocycles. The molecule has 1 rings (SSSR count). The van der Waals surface area contributed by atoms with Crippen LogP contribution >= 0.6 is 0 Å². The Morgan fingerprint density at radius 3 is 2.50 bits per heavy atom. The van der Waals surface area contributed by atoms with E-state index in [4.69, 9.17) is 10.5 Å². The third-order valence-corrected chi connectivity index (χ3v) is 3.90. The van der Waals surface area contributed by atoms with Crippen LogP contribution < -0.4 is 5.73 Å². The monoisotopic (exact) mass is 228 g/mol. The molecule has 0 amide bonds. The normalized spacial score (nSPS) is 29.4. The van der Waals surface area contributed by atoms with E-state index in [1.165, 1.54) is 25.8 Å². The van der Waals surface area contributed by atoms with E-state index in [1.807, 2.05) is 0 Å². The Bertz CT molecular complexity index is 190. The first-order chi connectivity index (χ1) is 7.68. The number of nitrogens with two attached hydrogens (primary N) is 1. The topological polar surface area (TPSA) is 38.5 Å². The standard InChI is InChI=1S/C13H28N2O/c1-4-6-7-8-15(3)13(11-14)9-12(10-13)16-5-2/h12H,4-11,14H2,1-3H3. The van der Waals surface area contributed by atoms with Gasteiger partial charge in [-0.3, -0.25) is 4.90 Å². The molecule has 3 nitrogen and oxygen atoms in total. The minimum Gasteiger partial charge on any atom is -0.378 e. The lowest BCUT2D eigenvalue weighted by Crippen LogP contribution is -2.63. The minimum absolute atomic E-state index is 0.230. The van der Waals surface area contributed by atoms with Gasteiger partial charge in [-0.25, -0.2) is 0 Å². The predicted octanol–water partition coefficient (Wildman–Crippen LogP) is 2.00. The third kappa shape index (κ3) is 3.19. The molecule has 16 heavy (non-hydrogen) atoms. The Kier molecular flexibility index (Phi) is 5.73. The van der Waals surface area contributed by atoms with E-state index < -0.39 is 0 Å². The highest BCUT2D eigenvalue weighted by molar-refractivity contribution is 5.03. The van der Waals surface area contributed by atoms with E-state index in [2.05, 4.69) is 25.8 Å². The molecule has 1 fully saturated rings. The van der Waals surface area contributed by atoms with E-state index in [0.717, 1.165) is 26.0 Å². The quantitative estimate of drug-likeness (QED) is 0.646.